The van der Waals surface area contributed by atoms with Gasteiger partial charge < -0.3 is 0 Å². The van der Waals surface area contributed by atoms with Crippen molar-refractivity contribution in [3.05, 3.63) is 23.7 Å². The van der Waals surface area contributed by atoms with Crippen molar-refractivity contribution < 1.29 is 13.2 Å². The zero-order valence-corrected chi connectivity index (χ0v) is 12.0. The van der Waals surface area contributed by atoms with Gasteiger partial charge in [0.1, 0.15) is 6.54 Å². The molecule has 0 spiro atoms. The predicted molar refractivity (Wildman–Crippen MR) is 71.8 cm³/mol. The van der Waals surface area contributed by atoms with Gasteiger partial charge in [0, 0.05) is 11.6 Å². The number of alkyl halides is 3. The molecule has 6 heteroatoms. The molecular formula is C14H18F3N3. The molecule has 0 saturated heterocycles. The van der Waals surface area contributed by atoms with Gasteiger partial charge in [0.05, 0.1) is 16.9 Å². The van der Waals surface area contributed by atoms with E-state index in [4.69, 9.17) is 0 Å². The molecule has 0 amide bonds. The molecule has 0 saturated carbocycles. The molecule has 2 heterocycles. The third-order valence-corrected chi connectivity index (χ3v) is 3.14. The molecule has 110 valence electrons. The molecule has 0 atom stereocenters. The second-order valence-corrected chi connectivity index (χ2v) is 5.56. The van der Waals surface area contributed by atoms with Gasteiger partial charge in [0.25, 0.3) is 0 Å². The smallest absolute Gasteiger partial charge is 0.260 e. The van der Waals surface area contributed by atoms with Gasteiger partial charge in [0.15, 0.2) is 0 Å². The Kier molecular flexibility index (Phi) is 3.75. The Bertz CT molecular complexity index is 612. The summed E-state index contributed by atoms with van der Waals surface area (Å²) in [5.41, 5.74) is 1.99. The lowest BCUT2D eigenvalue weighted by Gasteiger charge is -2.09. The van der Waals surface area contributed by atoms with E-state index < -0.39 is 12.7 Å². The fourth-order valence-corrected chi connectivity index (χ4v) is 2.31. The van der Waals surface area contributed by atoms with E-state index in [1.165, 1.54) is 0 Å². The highest BCUT2D eigenvalue weighted by molar-refractivity contribution is 5.85. The maximum atomic E-state index is 12.7. The van der Waals surface area contributed by atoms with Crippen LogP contribution in [-0.2, 0) is 6.54 Å². The van der Waals surface area contributed by atoms with Crippen LogP contribution in [0.25, 0.3) is 10.9 Å². The van der Waals surface area contributed by atoms with E-state index in [-0.39, 0.29) is 11.8 Å². The lowest BCUT2D eigenvalue weighted by Crippen LogP contribution is -2.18. The van der Waals surface area contributed by atoms with Crippen molar-refractivity contribution in [2.45, 2.75) is 52.3 Å². The topological polar surface area (TPSA) is 30.7 Å². The van der Waals surface area contributed by atoms with Crippen molar-refractivity contribution >= 4 is 10.9 Å². The molecule has 2 rings (SSSR count). The molecule has 3 nitrogen and oxygen atoms in total. The lowest BCUT2D eigenvalue weighted by atomic mass is 10.00. The van der Waals surface area contributed by atoms with Crippen LogP contribution in [0.1, 0.15) is 50.9 Å². The van der Waals surface area contributed by atoms with E-state index in [9.17, 15) is 13.2 Å². The Balaban J connectivity index is 2.71. The number of halogens is 3. The molecule has 0 unspecified atom stereocenters. The van der Waals surface area contributed by atoms with Gasteiger partial charge in [-0.3, -0.25) is 9.67 Å². The van der Waals surface area contributed by atoms with E-state index >= 15 is 0 Å². The second-order valence-electron chi connectivity index (χ2n) is 5.56. The van der Waals surface area contributed by atoms with Crippen LogP contribution in [0.3, 0.4) is 0 Å². The van der Waals surface area contributed by atoms with Gasteiger partial charge in [-0.05, 0) is 17.9 Å². The summed E-state index contributed by atoms with van der Waals surface area (Å²) in [5.74, 6) is 0.188. The van der Waals surface area contributed by atoms with Crippen LogP contribution in [0.2, 0.25) is 0 Å². The van der Waals surface area contributed by atoms with E-state index in [1.807, 2.05) is 27.7 Å². The van der Waals surface area contributed by atoms with Crippen LogP contribution < -0.4 is 0 Å². The number of nitrogens with zero attached hydrogens (tertiary/aromatic N) is 3. The molecule has 20 heavy (non-hydrogen) atoms. The van der Waals surface area contributed by atoms with Crippen LogP contribution in [0.4, 0.5) is 13.2 Å². The van der Waals surface area contributed by atoms with Crippen molar-refractivity contribution in [3.8, 4) is 0 Å². The maximum absolute atomic E-state index is 12.7. The third kappa shape index (κ3) is 2.78. The van der Waals surface area contributed by atoms with E-state index in [0.717, 1.165) is 15.8 Å². The van der Waals surface area contributed by atoms with Crippen molar-refractivity contribution in [3.63, 3.8) is 0 Å². The highest BCUT2D eigenvalue weighted by Gasteiger charge is 2.30. The highest BCUT2D eigenvalue weighted by atomic mass is 19.4. The maximum Gasteiger partial charge on any atom is 0.408 e. The largest absolute Gasteiger partial charge is 0.408 e. The van der Waals surface area contributed by atoms with Gasteiger partial charge in [-0.25, -0.2) is 0 Å². The molecule has 2 aromatic heterocycles. The lowest BCUT2D eigenvalue weighted by molar-refractivity contribution is -0.141. The average molecular weight is 285 g/mol. The summed E-state index contributed by atoms with van der Waals surface area (Å²) in [4.78, 5) is 4.32. The predicted octanol–water partition coefficient (Wildman–Crippen LogP) is 4.24. The van der Waals surface area contributed by atoms with Crippen LogP contribution in [-0.4, -0.2) is 20.9 Å². The number of hydrogen-bond acceptors (Lipinski definition) is 2. The molecule has 0 bridgehead atoms. The van der Waals surface area contributed by atoms with Crippen molar-refractivity contribution in [1.29, 1.82) is 0 Å². The van der Waals surface area contributed by atoms with Crippen LogP contribution in [0.5, 0.6) is 0 Å². The SMILES string of the molecule is CC(C)c1nccc2c1c(C(C)C)nn2CC(F)(F)F. The first-order valence-corrected chi connectivity index (χ1v) is 6.62. The standard InChI is InChI=1S/C14H18F3N3/c1-8(2)12-11-10(5-6-18-12)20(7-14(15,16)17)19-13(11)9(3)4/h5-6,8-9H,7H2,1-4H3. The number of fused-ring (bicyclic) bond motifs is 1. The molecule has 0 N–H and O–H groups in total. The molecule has 0 fully saturated rings. The quantitative estimate of drug-likeness (QED) is 0.844. The summed E-state index contributed by atoms with van der Waals surface area (Å²) in [6, 6.07) is 1.60. The Morgan fingerprint density at radius 3 is 2.20 bits per heavy atom. The van der Waals surface area contributed by atoms with E-state index in [0.29, 0.717) is 11.2 Å². The van der Waals surface area contributed by atoms with Gasteiger partial charge >= 0.3 is 6.18 Å². The molecule has 2 aromatic rings. The fourth-order valence-electron chi connectivity index (χ4n) is 2.31. The van der Waals surface area contributed by atoms with E-state index in [1.54, 1.807) is 12.3 Å². The Morgan fingerprint density at radius 2 is 1.70 bits per heavy atom. The van der Waals surface area contributed by atoms with Crippen molar-refractivity contribution in [2.75, 3.05) is 0 Å². The van der Waals surface area contributed by atoms with E-state index in [2.05, 4.69) is 10.1 Å². The Labute approximate surface area is 115 Å². The van der Waals surface area contributed by atoms with Gasteiger partial charge in [0.2, 0.25) is 0 Å². The Morgan fingerprint density at radius 1 is 1.10 bits per heavy atom. The summed E-state index contributed by atoms with van der Waals surface area (Å²) in [6.45, 7) is 6.74. The summed E-state index contributed by atoms with van der Waals surface area (Å²) in [5, 5.41) is 4.94. The van der Waals surface area contributed by atoms with Crippen LogP contribution in [0, 0.1) is 0 Å². The Hall–Kier alpha value is -1.59. The van der Waals surface area contributed by atoms with Gasteiger partial charge in [-0.15, -0.1) is 0 Å². The molecular weight excluding hydrogens is 267 g/mol. The molecule has 0 aliphatic heterocycles. The molecule has 0 radical (unpaired) electrons. The average Bonchev–Trinajstić information content (AvgIpc) is 2.66. The molecule has 0 aliphatic rings. The van der Waals surface area contributed by atoms with Crippen LogP contribution in [0.15, 0.2) is 12.3 Å². The first-order chi connectivity index (χ1) is 9.20. The fraction of sp³-hybridized carbons (Fsp3) is 0.571. The van der Waals surface area contributed by atoms with Gasteiger partial charge in [-0.1, -0.05) is 27.7 Å². The number of rotatable bonds is 3. The first-order valence-electron chi connectivity index (χ1n) is 6.62. The zero-order chi connectivity index (χ0) is 15.1. The third-order valence-electron chi connectivity index (χ3n) is 3.14. The zero-order valence-electron chi connectivity index (χ0n) is 12.0. The van der Waals surface area contributed by atoms with Crippen molar-refractivity contribution in [2.24, 2.45) is 0 Å². The number of aromatic nitrogens is 3. The first kappa shape index (κ1) is 14.8. The summed E-state index contributed by atoms with van der Waals surface area (Å²) >= 11 is 0. The highest BCUT2D eigenvalue weighted by Crippen LogP contribution is 2.31. The minimum absolute atomic E-state index is 0.0497. The summed E-state index contributed by atoms with van der Waals surface area (Å²) in [6.07, 6.45) is -2.73. The van der Waals surface area contributed by atoms with Gasteiger partial charge in [-0.2, -0.15) is 18.3 Å². The normalized spacial score (nSPS) is 12.8. The minimum Gasteiger partial charge on any atom is -0.260 e. The number of pyridine rings is 1. The minimum atomic E-state index is -4.28. The molecule has 0 aromatic carbocycles. The monoisotopic (exact) mass is 285 g/mol. The summed E-state index contributed by atoms with van der Waals surface area (Å²) in [7, 11) is 0. The second kappa shape index (κ2) is 5.07. The molecule has 0 aliphatic carbocycles. The van der Waals surface area contributed by atoms with Crippen LogP contribution >= 0.6 is 0 Å². The summed E-state index contributed by atoms with van der Waals surface area (Å²) < 4.78 is 39.0. The number of hydrogen-bond donors (Lipinski definition) is 0. The van der Waals surface area contributed by atoms with Crippen molar-refractivity contribution in [1.82, 2.24) is 14.8 Å².